The van der Waals surface area contributed by atoms with Gasteiger partial charge < -0.3 is 15.5 Å². The van der Waals surface area contributed by atoms with E-state index in [2.05, 4.69) is 22.8 Å². The number of likely N-dealkylation sites (tertiary alicyclic amines) is 1. The first-order chi connectivity index (χ1) is 11.7. The molecular weight excluding hydrogens is 302 g/mol. The van der Waals surface area contributed by atoms with Gasteiger partial charge in [-0.25, -0.2) is 0 Å². The highest BCUT2D eigenvalue weighted by atomic mass is 16.2. The van der Waals surface area contributed by atoms with Gasteiger partial charge in [-0.15, -0.1) is 0 Å². The van der Waals surface area contributed by atoms with Crippen LogP contribution in [0.2, 0.25) is 0 Å². The Morgan fingerprint density at radius 1 is 1.25 bits per heavy atom. The summed E-state index contributed by atoms with van der Waals surface area (Å²) in [5.74, 6) is 0.863. The van der Waals surface area contributed by atoms with Crippen LogP contribution in [0.4, 0.5) is 0 Å². The number of hydrogen-bond acceptors (Lipinski definition) is 3. The van der Waals surface area contributed by atoms with Gasteiger partial charge in [-0.2, -0.15) is 0 Å². The van der Waals surface area contributed by atoms with Crippen LogP contribution in [-0.2, 0) is 11.2 Å². The van der Waals surface area contributed by atoms with E-state index >= 15 is 0 Å². The molecule has 0 radical (unpaired) electrons. The van der Waals surface area contributed by atoms with Gasteiger partial charge in [0.2, 0.25) is 5.91 Å². The Hall–Kier alpha value is -1.88. The highest BCUT2D eigenvalue weighted by molar-refractivity contribution is 5.94. The second-order valence-electron chi connectivity index (χ2n) is 6.85. The standard InChI is InChI=1S/C19H27N3O2/c23-18-3-1-2-11-22(18)12-10-21-19(24)17-6-4-15(5-7-17)13-16-8-9-20-14-16/h4-7,16,20H,1-3,8-14H2,(H,21,24). The molecule has 0 spiro atoms. The molecule has 1 unspecified atom stereocenters. The summed E-state index contributed by atoms with van der Waals surface area (Å²) in [6, 6.07) is 7.92. The highest BCUT2D eigenvalue weighted by Crippen LogP contribution is 2.15. The second kappa shape index (κ2) is 8.29. The molecule has 0 aromatic heterocycles. The van der Waals surface area contributed by atoms with E-state index in [1.165, 1.54) is 12.0 Å². The second-order valence-corrected chi connectivity index (χ2v) is 6.85. The number of nitrogens with one attached hydrogen (secondary N) is 2. The van der Waals surface area contributed by atoms with Crippen LogP contribution in [-0.4, -0.2) is 49.4 Å². The molecule has 0 saturated carbocycles. The normalized spacial score (nSPS) is 21.1. The van der Waals surface area contributed by atoms with Gasteiger partial charge in [-0.05, 0) is 62.4 Å². The number of carbonyl (C=O) groups is 2. The van der Waals surface area contributed by atoms with E-state index in [0.717, 1.165) is 38.9 Å². The minimum atomic E-state index is -0.0615. The number of rotatable bonds is 6. The van der Waals surface area contributed by atoms with Gasteiger partial charge in [0.15, 0.2) is 0 Å². The smallest absolute Gasteiger partial charge is 0.251 e. The molecule has 1 aromatic rings. The fourth-order valence-electron chi connectivity index (χ4n) is 3.52. The fraction of sp³-hybridized carbons (Fsp3) is 0.579. The van der Waals surface area contributed by atoms with E-state index in [9.17, 15) is 9.59 Å². The third-order valence-electron chi connectivity index (χ3n) is 4.99. The predicted octanol–water partition coefficient (Wildman–Crippen LogP) is 1.58. The molecule has 130 valence electrons. The first kappa shape index (κ1) is 17.0. The molecule has 1 atom stereocenters. The highest BCUT2D eigenvalue weighted by Gasteiger charge is 2.18. The van der Waals surface area contributed by atoms with Crippen LogP contribution in [0, 0.1) is 5.92 Å². The molecule has 2 aliphatic heterocycles. The molecule has 2 saturated heterocycles. The van der Waals surface area contributed by atoms with E-state index in [-0.39, 0.29) is 11.8 Å². The molecule has 2 aliphatic rings. The molecule has 0 aliphatic carbocycles. The van der Waals surface area contributed by atoms with Gasteiger partial charge in [0.05, 0.1) is 0 Å². The van der Waals surface area contributed by atoms with Crippen LogP contribution in [0.15, 0.2) is 24.3 Å². The van der Waals surface area contributed by atoms with Crippen molar-refractivity contribution in [1.29, 1.82) is 0 Å². The predicted molar refractivity (Wildman–Crippen MR) is 93.9 cm³/mol. The molecule has 24 heavy (non-hydrogen) atoms. The van der Waals surface area contributed by atoms with Gasteiger partial charge >= 0.3 is 0 Å². The molecule has 5 heteroatoms. The molecular formula is C19H27N3O2. The molecule has 2 fully saturated rings. The minimum Gasteiger partial charge on any atom is -0.350 e. The monoisotopic (exact) mass is 329 g/mol. The van der Waals surface area contributed by atoms with Crippen molar-refractivity contribution in [3.8, 4) is 0 Å². The Morgan fingerprint density at radius 3 is 2.79 bits per heavy atom. The first-order valence-electron chi connectivity index (χ1n) is 9.08. The van der Waals surface area contributed by atoms with Crippen LogP contribution in [0.3, 0.4) is 0 Å². The zero-order chi connectivity index (χ0) is 16.8. The Balaban J connectivity index is 1.43. The van der Waals surface area contributed by atoms with Gasteiger partial charge in [0.25, 0.3) is 5.91 Å². The third kappa shape index (κ3) is 4.57. The van der Waals surface area contributed by atoms with Crippen molar-refractivity contribution in [2.45, 2.75) is 32.1 Å². The van der Waals surface area contributed by atoms with Gasteiger partial charge in [0.1, 0.15) is 0 Å². The van der Waals surface area contributed by atoms with Crippen molar-refractivity contribution < 1.29 is 9.59 Å². The number of nitrogens with zero attached hydrogens (tertiary/aromatic N) is 1. The van der Waals surface area contributed by atoms with Crippen molar-refractivity contribution >= 4 is 11.8 Å². The molecule has 2 N–H and O–H groups in total. The maximum atomic E-state index is 12.2. The lowest BCUT2D eigenvalue weighted by Gasteiger charge is -2.26. The fourth-order valence-corrected chi connectivity index (χ4v) is 3.52. The van der Waals surface area contributed by atoms with Crippen LogP contribution in [0.5, 0.6) is 0 Å². The van der Waals surface area contributed by atoms with Gasteiger partial charge in [-0.3, -0.25) is 9.59 Å². The summed E-state index contributed by atoms with van der Waals surface area (Å²) in [5, 5.41) is 6.30. The maximum absolute atomic E-state index is 12.2. The van der Waals surface area contributed by atoms with Crippen molar-refractivity contribution in [3.63, 3.8) is 0 Å². The zero-order valence-corrected chi connectivity index (χ0v) is 14.2. The average molecular weight is 329 g/mol. The Bertz CT molecular complexity index is 564. The summed E-state index contributed by atoms with van der Waals surface area (Å²) in [6.45, 7) is 4.15. The SMILES string of the molecule is O=C(NCCN1CCCCC1=O)c1ccc(CC2CCNC2)cc1. The lowest BCUT2D eigenvalue weighted by atomic mass is 9.98. The van der Waals surface area contributed by atoms with E-state index in [0.29, 0.717) is 31.0 Å². The lowest BCUT2D eigenvalue weighted by molar-refractivity contribution is -0.133. The van der Waals surface area contributed by atoms with Crippen molar-refractivity contribution in [2.75, 3.05) is 32.7 Å². The maximum Gasteiger partial charge on any atom is 0.251 e. The van der Waals surface area contributed by atoms with Crippen LogP contribution in [0.25, 0.3) is 0 Å². The minimum absolute atomic E-state index is 0.0615. The number of carbonyl (C=O) groups excluding carboxylic acids is 2. The lowest BCUT2D eigenvalue weighted by Crippen LogP contribution is -2.41. The van der Waals surface area contributed by atoms with Gasteiger partial charge in [-0.1, -0.05) is 12.1 Å². The number of piperidine rings is 1. The number of benzene rings is 1. The third-order valence-corrected chi connectivity index (χ3v) is 4.99. The Kier molecular flexibility index (Phi) is 5.86. The quantitative estimate of drug-likeness (QED) is 0.833. The first-order valence-corrected chi connectivity index (χ1v) is 9.08. The number of hydrogen-bond donors (Lipinski definition) is 2. The summed E-state index contributed by atoms with van der Waals surface area (Å²) >= 11 is 0. The van der Waals surface area contributed by atoms with Crippen molar-refractivity contribution in [1.82, 2.24) is 15.5 Å². The molecule has 3 rings (SSSR count). The van der Waals surface area contributed by atoms with Crippen molar-refractivity contribution in [3.05, 3.63) is 35.4 Å². The van der Waals surface area contributed by atoms with E-state index in [4.69, 9.17) is 0 Å². The molecule has 2 heterocycles. The van der Waals surface area contributed by atoms with Crippen LogP contribution >= 0.6 is 0 Å². The van der Waals surface area contributed by atoms with E-state index in [1.807, 2.05) is 17.0 Å². The topological polar surface area (TPSA) is 61.4 Å². The summed E-state index contributed by atoms with van der Waals surface area (Å²) in [6.07, 6.45) is 5.01. The van der Waals surface area contributed by atoms with Crippen LogP contribution in [0.1, 0.15) is 41.6 Å². The summed E-state index contributed by atoms with van der Waals surface area (Å²) in [4.78, 5) is 25.8. The zero-order valence-electron chi connectivity index (χ0n) is 14.2. The van der Waals surface area contributed by atoms with Crippen LogP contribution < -0.4 is 10.6 Å². The molecule has 2 amide bonds. The van der Waals surface area contributed by atoms with E-state index in [1.54, 1.807) is 0 Å². The largest absolute Gasteiger partial charge is 0.350 e. The summed E-state index contributed by atoms with van der Waals surface area (Å²) in [7, 11) is 0. The van der Waals surface area contributed by atoms with Crippen molar-refractivity contribution in [2.24, 2.45) is 5.92 Å². The molecule has 0 bridgehead atoms. The molecule has 5 nitrogen and oxygen atoms in total. The average Bonchev–Trinajstić information content (AvgIpc) is 3.10. The summed E-state index contributed by atoms with van der Waals surface area (Å²) in [5.41, 5.74) is 1.98. The van der Waals surface area contributed by atoms with Gasteiger partial charge in [0, 0.05) is 31.6 Å². The Morgan fingerprint density at radius 2 is 2.08 bits per heavy atom. The van der Waals surface area contributed by atoms with E-state index < -0.39 is 0 Å². The Labute approximate surface area is 143 Å². The number of amides is 2. The molecule has 1 aromatic carbocycles. The summed E-state index contributed by atoms with van der Waals surface area (Å²) < 4.78 is 0.